The molecule has 1 heterocycles. The fourth-order valence-corrected chi connectivity index (χ4v) is 3.25. The lowest BCUT2D eigenvalue weighted by Gasteiger charge is -2.27. The Morgan fingerprint density at radius 2 is 1.38 bits per heavy atom. The molecule has 0 fully saturated rings. The summed E-state index contributed by atoms with van der Waals surface area (Å²) >= 11 is 0. The van der Waals surface area contributed by atoms with Gasteiger partial charge in [-0.1, -0.05) is 30.3 Å². The number of benzene rings is 2. The quantitative estimate of drug-likeness (QED) is 0.563. The van der Waals surface area contributed by atoms with Crippen LogP contribution in [0.15, 0.2) is 54.6 Å². The number of hydrogen-bond donors (Lipinski definition) is 1. The molecule has 0 spiro atoms. The van der Waals surface area contributed by atoms with Gasteiger partial charge in [-0.05, 0) is 24.3 Å². The third-order valence-electron chi connectivity index (χ3n) is 4.67. The van der Waals surface area contributed by atoms with Crippen molar-refractivity contribution >= 4 is 29.4 Å². The zero-order valence-corrected chi connectivity index (χ0v) is 16.0. The van der Waals surface area contributed by atoms with Crippen molar-refractivity contribution in [1.82, 2.24) is 4.90 Å². The predicted octanol–water partition coefficient (Wildman–Crippen LogP) is 1.87. The van der Waals surface area contributed by atoms with Crippen molar-refractivity contribution in [3.8, 4) is 0 Å². The molecule has 150 valence electrons. The normalized spacial score (nSPS) is 14.8. The Labute approximate surface area is 167 Å². The molecule has 1 N–H and O–H groups in total. The number of anilines is 1. The van der Waals surface area contributed by atoms with E-state index in [-0.39, 0.29) is 17.5 Å². The molecular weight excluding hydrogens is 376 g/mol. The topological polar surface area (TPSA) is 102 Å². The summed E-state index contributed by atoms with van der Waals surface area (Å²) < 4.78 is 9.65. The van der Waals surface area contributed by atoms with Gasteiger partial charge in [0.05, 0.1) is 25.3 Å². The molecule has 8 heteroatoms. The molecule has 1 aliphatic heterocycles. The molecule has 3 rings (SSSR count). The monoisotopic (exact) mass is 396 g/mol. The van der Waals surface area contributed by atoms with Crippen LogP contribution in [0.25, 0.3) is 0 Å². The molecule has 0 radical (unpaired) electrons. The summed E-state index contributed by atoms with van der Waals surface area (Å²) in [6.45, 7) is 0. The average molecular weight is 396 g/mol. The highest BCUT2D eigenvalue weighted by Gasteiger charge is 2.44. The number of ether oxygens (including phenoxy) is 2. The summed E-state index contributed by atoms with van der Waals surface area (Å²) in [7, 11) is 2.38. The largest absolute Gasteiger partial charge is 0.467 e. The first kappa shape index (κ1) is 20.1. The Kier molecular flexibility index (Phi) is 5.92. The van der Waals surface area contributed by atoms with Gasteiger partial charge >= 0.3 is 11.9 Å². The Hall–Kier alpha value is -3.68. The number of nitrogens with one attached hydrogen (secondary N) is 1. The van der Waals surface area contributed by atoms with Crippen LogP contribution in [0.4, 0.5) is 5.69 Å². The summed E-state index contributed by atoms with van der Waals surface area (Å²) in [5.41, 5.74) is 1.03. The van der Waals surface area contributed by atoms with Crippen molar-refractivity contribution in [2.45, 2.75) is 18.5 Å². The highest BCUT2D eigenvalue weighted by molar-refractivity contribution is 6.22. The van der Waals surface area contributed by atoms with Crippen LogP contribution in [0.1, 0.15) is 27.1 Å². The van der Waals surface area contributed by atoms with Gasteiger partial charge in [-0.2, -0.15) is 0 Å². The Balaban J connectivity index is 1.92. The van der Waals surface area contributed by atoms with Gasteiger partial charge in [0.1, 0.15) is 12.1 Å². The van der Waals surface area contributed by atoms with Gasteiger partial charge in [-0.3, -0.25) is 14.5 Å². The maximum Gasteiger partial charge on any atom is 0.329 e. The van der Waals surface area contributed by atoms with E-state index in [2.05, 4.69) is 5.32 Å². The van der Waals surface area contributed by atoms with Crippen molar-refractivity contribution < 1.29 is 28.7 Å². The first-order chi connectivity index (χ1) is 14.0. The lowest BCUT2D eigenvalue weighted by Crippen LogP contribution is -2.49. The average Bonchev–Trinajstić information content (AvgIpc) is 3.01. The Morgan fingerprint density at radius 1 is 0.862 bits per heavy atom. The van der Waals surface area contributed by atoms with E-state index in [9.17, 15) is 19.2 Å². The van der Waals surface area contributed by atoms with Crippen LogP contribution < -0.4 is 5.32 Å². The van der Waals surface area contributed by atoms with Gasteiger partial charge in [0.25, 0.3) is 11.8 Å². The minimum atomic E-state index is -1.30. The third-order valence-corrected chi connectivity index (χ3v) is 4.67. The second-order valence-electron chi connectivity index (χ2n) is 6.39. The number of hydrogen-bond acceptors (Lipinski definition) is 7. The zero-order valence-electron chi connectivity index (χ0n) is 16.0. The number of rotatable bonds is 7. The lowest BCUT2D eigenvalue weighted by molar-refractivity contribution is -0.147. The lowest BCUT2D eigenvalue weighted by atomic mass is 10.0. The summed E-state index contributed by atoms with van der Waals surface area (Å²) in [6, 6.07) is 12.9. The number of carbonyl (C=O) groups is 4. The first-order valence-electron chi connectivity index (χ1n) is 8.92. The molecule has 2 aromatic rings. The van der Waals surface area contributed by atoms with E-state index < -0.39 is 35.8 Å². The summed E-state index contributed by atoms with van der Waals surface area (Å²) in [6.07, 6.45) is -0.209. The number of amides is 2. The number of nitrogens with zero attached hydrogens (tertiary/aromatic N) is 1. The SMILES string of the molecule is COC(=O)[C@H](C[C@@H](C(=O)OC)N1C(=O)c2ccccc2C1=O)Nc1ccccc1. The second kappa shape index (κ2) is 8.55. The Bertz CT molecular complexity index is 908. The van der Waals surface area contributed by atoms with E-state index in [1.165, 1.54) is 19.2 Å². The van der Waals surface area contributed by atoms with Gasteiger partial charge in [-0.15, -0.1) is 0 Å². The summed E-state index contributed by atoms with van der Waals surface area (Å²) in [5.74, 6) is -2.66. The van der Waals surface area contributed by atoms with E-state index >= 15 is 0 Å². The van der Waals surface area contributed by atoms with Crippen LogP contribution in [-0.4, -0.2) is 55.0 Å². The molecule has 0 bridgehead atoms. The highest BCUT2D eigenvalue weighted by Crippen LogP contribution is 2.27. The first-order valence-corrected chi connectivity index (χ1v) is 8.92. The highest BCUT2D eigenvalue weighted by atomic mass is 16.5. The van der Waals surface area contributed by atoms with Crippen molar-refractivity contribution in [3.63, 3.8) is 0 Å². The number of carbonyl (C=O) groups excluding carboxylic acids is 4. The van der Waals surface area contributed by atoms with Crippen LogP contribution >= 0.6 is 0 Å². The van der Waals surface area contributed by atoms with E-state index in [0.29, 0.717) is 5.69 Å². The predicted molar refractivity (Wildman–Crippen MR) is 103 cm³/mol. The van der Waals surface area contributed by atoms with Crippen molar-refractivity contribution in [2.75, 3.05) is 19.5 Å². The molecule has 8 nitrogen and oxygen atoms in total. The molecule has 0 saturated heterocycles. The van der Waals surface area contributed by atoms with Gasteiger partial charge in [0.15, 0.2) is 0 Å². The van der Waals surface area contributed by atoms with Crippen molar-refractivity contribution in [1.29, 1.82) is 0 Å². The zero-order chi connectivity index (χ0) is 21.0. The van der Waals surface area contributed by atoms with Crippen molar-refractivity contribution in [2.24, 2.45) is 0 Å². The van der Waals surface area contributed by atoms with Gasteiger partial charge in [0, 0.05) is 12.1 Å². The molecule has 2 aromatic carbocycles. The van der Waals surface area contributed by atoms with Crippen LogP contribution in [-0.2, 0) is 19.1 Å². The summed E-state index contributed by atoms with van der Waals surface area (Å²) in [5, 5.41) is 2.98. The van der Waals surface area contributed by atoms with E-state index in [1.54, 1.807) is 36.4 Å². The molecule has 2 atom stereocenters. The van der Waals surface area contributed by atoms with Crippen LogP contribution in [0.5, 0.6) is 0 Å². The van der Waals surface area contributed by atoms with E-state index in [0.717, 1.165) is 12.0 Å². The standard InChI is InChI=1S/C21H20N2O6/c1-28-20(26)16(22-13-8-4-3-5-9-13)12-17(21(27)29-2)23-18(24)14-10-6-7-11-15(14)19(23)25/h3-11,16-17,22H,12H2,1-2H3/t16-,17-/m0/s1. The second-order valence-corrected chi connectivity index (χ2v) is 6.39. The van der Waals surface area contributed by atoms with E-state index in [1.807, 2.05) is 6.07 Å². The molecular formula is C21H20N2O6. The van der Waals surface area contributed by atoms with Crippen LogP contribution in [0.2, 0.25) is 0 Å². The fourth-order valence-electron chi connectivity index (χ4n) is 3.25. The number of methoxy groups -OCH3 is 2. The smallest absolute Gasteiger partial charge is 0.329 e. The van der Waals surface area contributed by atoms with Gasteiger partial charge in [-0.25, -0.2) is 9.59 Å². The number of para-hydroxylation sites is 1. The Morgan fingerprint density at radius 3 is 1.90 bits per heavy atom. The molecule has 1 aliphatic rings. The van der Waals surface area contributed by atoms with Crippen LogP contribution in [0.3, 0.4) is 0 Å². The van der Waals surface area contributed by atoms with Crippen LogP contribution in [0, 0.1) is 0 Å². The third kappa shape index (κ3) is 3.96. The maximum atomic E-state index is 12.8. The maximum absolute atomic E-state index is 12.8. The van der Waals surface area contributed by atoms with Gasteiger partial charge < -0.3 is 14.8 Å². The number of fused-ring (bicyclic) bond motifs is 1. The molecule has 0 aliphatic carbocycles. The summed E-state index contributed by atoms with van der Waals surface area (Å²) in [4.78, 5) is 51.3. The molecule has 0 unspecified atom stereocenters. The number of esters is 2. The number of imide groups is 1. The molecule has 0 saturated carbocycles. The van der Waals surface area contributed by atoms with E-state index in [4.69, 9.17) is 9.47 Å². The molecule has 2 amide bonds. The molecule has 0 aromatic heterocycles. The minimum Gasteiger partial charge on any atom is -0.467 e. The minimum absolute atomic E-state index is 0.206. The van der Waals surface area contributed by atoms with Crippen molar-refractivity contribution in [3.05, 3.63) is 65.7 Å². The fraction of sp³-hybridized carbons (Fsp3) is 0.238. The van der Waals surface area contributed by atoms with Gasteiger partial charge in [0.2, 0.25) is 0 Å². The molecule has 29 heavy (non-hydrogen) atoms.